The van der Waals surface area contributed by atoms with E-state index in [-0.39, 0.29) is 31.2 Å². The maximum absolute atomic E-state index is 14.5. The molecule has 35 heavy (non-hydrogen) atoms. The third-order valence-electron chi connectivity index (χ3n) is 6.84. The van der Waals surface area contributed by atoms with Gasteiger partial charge >= 0.3 is 0 Å². The Morgan fingerprint density at radius 2 is 1.69 bits per heavy atom. The number of hydrogen-bond acceptors (Lipinski definition) is 3. The Balaban J connectivity index is 1.56. The molecule has 2 amide bonds. The average Bonchev–Trinajstić information content (AvgIpc) is 3.40. The predicted molar refractivity (Wildman–Crippen MR) is 134 cm³/mol. The highest BCUT2D eigenvalue weighted by atomic mass is 19.1. The largest absolute Gasteiger partial charge is 0.343 e. The molecule has 6 nitrogen and oxygen atoms in total. The van der Waals surface area contributed by atoms with Crippen molar-refractivity contribution in [2.45, 2.75) is 64.7 Å². The Hall–Kier alpha value is -3.48. The monoisotopic (exact) mass is 476 g/mol. The van der Waals surface area contributed by atoms with E-state index >= 15 is 0 Å². The molecule has 0 radical (unpaired) electrons. The van der Waals surface area contributed by atoms with Crippen LogP contribution < -0.4 is 5.32 Å². The van der Waals surface area contributed by atoms with Gasteiger partial charge in [-0.05, 0) is 36.5 Å². The first-order chi connectivity index (χ1) is 16.7. The summed E-state index contributed by atoms with van der Waals surface area (Å²) in [4.78, 5) is 28.0. The zero-order valence-corrected chi connectivity index (χ0v) is 20.7. The molecule has 1 saturated heterocycles. The van der Waals surface area contributed by atoms with Crippen LogP contribution in [0.3, 0.4) is 0 Å². The van der Waals surface area contributed by atoms with Crippen molar-refractivity contribution in [2.75, 3.05) is 6.54 Å². The number of likely N-dealkylation sites (tertiary alicyclic amines) is 1. The molecule has 0 spiro atoms. The second-order valence-electron chi connectivity index (χ2n) is 9.66. The number of aromatic amines is 1. The summed E-state index contributed by atoms with van der Waals surface area (Å²) < 4.78 is 14.5. The summed E-state index contributed by atoms with van der Waals surface area (Å²) in [5.41, 5.74) is 5.42. The number of aromatic nitrogens is 2. The van der Waals surface area contributed by atoms with Gasteiger partial charge in [0.05, 0.1) is 24.7 Å². The lowest BCUT2D eigenvalue weighted by atomic mass is 9.95. The maximum Gasteiger partial charge on any atom is 0.243 e. The van der Waals surface area contributed by atoms with E-state index in [0.717, 1.165) is 28.1 Å². The summed E-state index contributed by atoms with van der Waals surface area (Å²) >= 11 is 0. The number of aryl methyl sites for hydroxylation is 2. The lowest BCUT2D eigenvalue weighted by molar-refractivity contribution is -0.138. The fourth-order valence-electron chi connectivity index (χ4n) is 4.71. The van der Waals surface area contributed by atoms with Crippen LogP contribution in [0.25, 0.3) is 0 Å². The molecule has 1 aromatic heterocycles. The molecule has 1 aliphatic rings. The molecule has 2 heterocycles. The fourth-order valence-corrected chi connectivity index (χ4v) is 4.71. The molecule has 0 unspecified atom stereocenters. The minimum absolute atomic E-state index is 0.00524. The minimum Gasteiger partial charge on any atom is -0.343 e. The summed E-state index contributed by atoms with van der Waals surface area (Å²) in [6.45, 7) is 7.87. The summed E-state index contributed by atoms with van der Waals surface area (Å²) in [6.07, 6.45) is -1.15. The van der Waals surface area contributed by atoms with Gasteiger partial charge in [-0.15, -0.1) is 0 Å². The third kappa shape index (κ3) is 5.45. The Morgan fingerprint density at radius 3 is 2.29 bits per heavy atom. The zero-order chi connectivity index (χ0) is 25.1. The van der Waals surface area contributed by atoms with Gasteiger partial charge in [0.1, 0.15) is 12.2 Å². The van der Waals surface area contributed by atoms with E-state index in [1.807, 2.05) is 56.3 Å². The number of alkyl halides is 1. The van der Waals surface area contributed by atoms with Crippen LogP contribution in [0.5, 0.6) is 0 Å². The highest BCUT2D eigenvalue weighted by molar-refractivity contribution is 5.89. The van der Waals surface area contributed by atoms with Crippen molar-refractivity contribution in [2.24, 2.45) is 0 Å². The first kappa shape index (κ1) is 24.6. The average molecular weight is 477 g/mol. The molecular formula is C28H33FN4O2. The second-order valence-corrected chi connectivity index (χ2v) is 9.66. The van der Waals surface area contributed by atoms with Gasteiger partial charge in [-0.2, -0.15) is 5.10 Å². The number of halogens is 1. The van der Waals surface area contributed by atoms with Crippen LogP contribution in [0.4, 0.5) is 4.39 Å². The summed E-state index contributed by atoms with van der Waals surface area (Å²) in [5, 5.41) is 10.1. The molecule has 0 saturated carbocycles. The number of amides is 2. The summed E-state index contributed by atoms with van der Waals surface area (Å²) in [7, 11) is 0. The molecule has 1 fully saturated rings. The number of nitrogens with zero attached hydrogens (tertiary/aromatic N) is 2. The lowest BCUT2D eigenvalue weighted by Crippen LogP contribution is -2.47. The number of carbonyl (C=O) groups excluding carboxylic acids is 2. The number of hydrogen-bond donors (Lipinski definition) is 2. The van der Waals surface area contributed by atoms with E-state index in [4.69, 9.17) is 0 Å². The van der Waals surface area contributed by atoms with E-state index < -0.39 is 18.3 Å². The van der Waals surface area contributed by atoms with E-state index in [1.165, 1.54) is 10.5 Å². The quantitative estimate of drug-likeness (QED) is 0.526. The molecule has 184 valence electrons. The minimum atomic E-state index is -1.23. The lowest BCUT2D eigenvalue weighted by Gasteiger charge is -2.27. The van der Waals surface area contributed by atoms with Crippen LogP contribution in [0, 0.1) is 13.8 Å². The summed E-state index contributed by atoms with van der Waals surface area (Å²) in [5.74, 6) is -0.216. The van der Waals surface area contributed by atoms with Crippen LogP contribution >= 0.6 is 0 Å². The molecule has 2 aromatic carbocycles. The standard InChI is InChI=1S/C28H33FN4O2/c1-17(2)20-10-12-22(13-11-20)27(21-8-6-5-7-9-21)30-28(35)25-14-23(29)16-33(25)26(34)15-24-18(3)31-32-19(24)4/h5-13,17,23,25,27H,14-16H2,1-4H3,(H,30,35)(H,31,32)/t23-,25+,27+/m1/s1. The van der Waals surface area contributed by atoms with Crippen molar-refractivity contribution < 1.29 is 14.0 Å². The second kappa shape index (κ2) is 10.4. The van der Waals surface area contributed by atoms with Crippen molar-refractivity contribution >= 4 is 11.8 Å². The predicted octanol–water partition coefficient (Wildman–Crippen LogP) is 4.54. The third-order valence-corrected chi connectivity index (χ3v) is 6.84. The Kier molecular flexibility index (Phi) is 7.34. The molecule has 0 aliphatic carbocycles. The van der Waals surface area contributed by atoms with E-state index in [0.29, 0.717) is 5.92 Å². The Bertz CT molecular complexity index is 1150. The van der Waals surface area contributed by atoms with Crippen LogP contribution in [0.15, 0.2) is 54.6 Å². The SMILES string of the molecule is Cc1n[nH]c(C)c1CC(=O)N1C[C@H](F)C[C@H]1C(=O)N[C@@H](c1ccccc1)c1ccc(C(C)C)cc1. The van der Waals surface area contributed by atoms with Gasteiger partial charge in [-0.1, -0.05) is 68.4 Å². The van der Waals surface area contributed by atoms with Crippen molar-refractivity contribution in [3.05, 3.63) is 88.2 Å². The van der Waals surface area contributed by atoms with Crippen molar-refractivity contribution in [3.8, 4) is 0 Å². The van der Waals surface area contributed by atoms with Gasteiger partial charge in [0.2, 0.25) is 11.8 Å². The molecule has 1 aliphatic heterocycles. The van der Waals surface area contributed by atoms with Gasteiger partial charge in [0.15, 0.2) is 0 Å². The zero-order valence-electron chi connectivity index (χ0n) is 20.7. The number of benzene rings is 2. The normalized spacial score (nSPS) is 18.6. The molecule has 2 N–H and O–H groups in total. The van der Waals surface area contributed by atoms with Crippen molar-refractivity contribution in [1.82, 2.24) is 20.4 Å². The molecule has 3 atom stereocenters. The topological polar surface area (TPSA) is 78.1 Å². The van der Waals surface area contributed by atoms with Gasteiger partial charge in [0.25, 0.3) is 0 Å². The van der Waals surface area contributed by atoms with Gasteiger partial charge in [-0.3, -0.25) is 14.7 Å². The van der Waals surface area contributed by atoms with Crippen LogP contribution in [0.2, 0.25) is 0 Å². The van der Waals surface area contributed by atoms with Crippen molar-refractivity contribution in [3.63, 3.8) is 0 Å². The smallest absolute Gasteiger partial charge is 0.243 e. The van der Waals surface area contributed by atoms with Crippen LogP contribution in [0.1, 0.15) is 65.9 Å². The van der Waals surface area contributed by atoms with Crippen molar-refractivity contribution in [1.29, 1.82) is 0 Å². The molecule has 0 bridgehead atoms. The highest BCUT2D eigenvalue weighted by Gasteiger charge is 2.40. The molecule has 7 heteroatoms. The Morgan fingerprint density at radius 1 is 1.06 bits per heavy atom. The number of nitrogens with one attached hydrogen (secondary N) is 2. The van der Waals surface area contributed by atoms with E-state index in [9.17, 15) is 14.0 Å². The van der Waals surface area contributed by atoms with Gasteiger partial charge < -0.3 is 10.2 Å². The maximum atomic E-state index is 14.5. The van der Waals surface area contributed by atoms with E-state index in [2.05, 4.69) is 41.5 Å². The first-order valence-corrected chi connectivity index (χ1v) is 12.1. The Labute approximate surface area is 205 Å². The number of H-pyrrole nitrogens is 1. The van der Waals surface area contributed by atoms with Crippen LogP contribution in [-0.4, -0.2) is 45.7 Å². The highest BCUT2D eigenvalue weighted by Crippen LogP contribution is 2.27. The van der Waals surface area contributed by atoms with E-state index in [1.54, 1.807) is 0 Å². The molecule has 3 aromatic rings. The van der Waals surface area contributed by atoms with Gasteiger partial charge in [0, 0.05) is 17.7 Å². The summed E-state index contributed by atoms with van der Waals surface area (Å²) in [6, 6.07) is 16.6. The first-order valence-electron chi connectivity index (χ1n) is 12.1. The molecular weight excluding hydrogens is 443 g/mol. The fraction of sp³-hybridized carbons (Fsp3) is 0.393. The van der Waals surface area contributed by atoms with Crippen LogP contribution in [-0.2, 0) is 16.0 Å². The molecule has 4 rings (SSSR count). The number of rotatable bonds is 7. The van der Waals surface area contributed by atoms with Gasteiger partial charge in [-0.25, -0.2) is 4.39 Å². The number of carbonyl (C=O) groups is 2.